The normalized spacial score (nSPS) is 10.2. The Morgan fingerprint density at radius 3 is 2.69 bits per heavy atom. The van der Waals surface area contributed by atoms with Crippen LogP contribution in [0.2, 0.25) is 0 Å². The first-order valence-electron chi connectivity index (χ1n) is 4.21. The molecule has 0 aromatic carbocycles. The van der Waals surface area contributed by atoms with Crippen LogP contribution in [0.15, 0.2) is 12.4 Å². The van der Waals surface area contributed by atoms with Crippen molar-refractivity contribution in [3.8, 4) is 0 Å². The minimum absolute atomic E-state index is 0.214. The Bertz CT molecular complexity index is 236. The maximum absolute atomic E-state index is 8.52. The monoisotopic (exact) mass is 182 g/mol. The minimum Gasteiger partial charge on any atom is -0.396 e. The average molecular weight is 182 g/mol. The highest BCUT2D eigenvalue weighted by atomic mass is 16.3. The molecule has 0 radical (unpaired) electrons. The Kier molecular flexibility index (Phi) is 4.14. The molecule has 0 spiro atoms. The number of aliphatic hydroxyl groups is 1. The van der Waals surface area contributed by atoms with Crippen LogP contribution in [0, 0.1) is 0 Å². The molecule has 0 bridgehead atoms. The number of nitrogens with two attached hydrogens (primary N) is 1. The van der Waals surface area contributed by atoms with Gasteiger partial charge in [0.15, 0.2) is 0 Å². The van der Waals surface area contributed by atoms with Crippen molar-refractivity contribution >= 4 is 5.95 Å². The van der Waals surface area contributed by atoms with E-state index in [1.165, 1.54) is 0 Å². The van der Waals surface area contributed by atoms with Gasteiger partial charge in [0.25, 0.3) is 0 Å². The number of aliphatic hydroxyl groups excluding tert-OH is 1. The van der Waals surface area contributed by atoms with Gasteiger partial charge in [0.05, 0.1) is 0 Å². The zero-order valence-electron chi connectivity index (χ0n) is 7.40. The van der Waals surface area contributed by atoms with Crippen LogP contribution in [0.3, 0.4) is 0 Å². The summed E-state index contributed by atoms with van der Waals surface area (Å²) < 4.78 is 0. The predicted octanol–water partition coefficient (Wildman–Crippen LogP) is -0.469. The molecule has 0 unspecified atom stereocenters. The van der Waals surface area contributed by atoms with E-state index in [9.17, 15) is 0 Å². The molecule has 4 N–H and O–H groups in total. The summed E-state index contributed by atoms with van der Waals surface area (Å²) in [6.07, 6.45) is 4.14. The van der Waals surface area contributed by atoms with Crippen LogP contribution in [-0.2, 0) is 6.54 Å². The average Bonchev–Trinajstić information content (AvgIpc) is 2.15. The van der Waals surface area contributed by atoms with Gasteiger partial charge in [-0.2, -0.15) is 0 Å². The number of nitrogens with zero attached hydrogens (tertiary/aromatic N) is 2. The molecule has 1 rings (SSSR count). The Balaban J connectivity index is 2.25. The highest BCUT2D eigenvalue weighted by Crippen LogP contribution is 1.95. The summed E-state index contributed by atoms with van der Waals surface area (Å²) in [6, 6.07) is 0. The fourth-order valence-corrected chi connectivity index (χ4v) is 0.893. The van der Waals surface area contributed by atoms with E-state index >= 15 is 0 Å². The summed E-state index contributed by atoms with van der Waals surface area (Å²) in [5.74, 6) is 0.291. The summed E-state index contributed by atoms with van der Waals surface area (Å²) in [7, 11) is 0. The first-order chi connectivity index (χ1) is 6.33. The predicted molar refractivity (Wildman–Crippen MR) is 49.9 cm³/mol. The zero-order valence-corrected chi connectivity index (χ0v) is 7.40. The van der Waals surface area contributed by atoms with Crippen LogP contribution < -0.4 is 11.1 Å². The standard InChI is InChI=1S/C8H14N4O/c9-8-11-5-7(6-12-8)4-10-2-1-3-13/h5-6,10,13H,1-4H2,(H2,9,11,12). The van der Waals surface area contributed by atoms with E-state index in [-0.39, 0.29) is 6.61 Å². The van der Waals surface area contributed by atoms with Gasteiger partial charge in [0.1, 0.15) is 0 Å². The van der Waals surface area contributed by atoms with Gasteiger partial charge >= 0.3 is 0 Å². The second kappa shape index (κ2) is 5.45. The van der Waals surface area contributed by atoms with Gasteiger partial charge in [-0.1, -0.05) is 0 Å². The Morgan fingerprint density at radius 2 is 2.08 bits per heavy atom. The van der Waals surface area contributed by atoms with Crippen molar-refractivity contribution in [3.05, 3.63) is 18.0 Å². The van der Waals surface area contributed by atoms with Crippen molar-refractivity contribution in [2.75, 3.05) is 18.9 Å². The number of nitrogens with one attached hydrogen (secondary N) is 1. The van der Waals surface area contributed by atoms with Crippen LogP contribution >= 0.6 is 0 Å². The first kappa shape index (κ1) is 9.88. The van der Waals surface area contributed by atoms with Gasteiger partial charge in [-0.05, 0) is 13.0 Å². The van der Waals surface area contributed by atoms with Crippen molar-refractivity contribution in [2.24, 2.45) is 0 Å². The number of hydrogen-bond acceptors (Lipinski definition) is 5. The lowest BCUT2D eigenvalue weighted by molar-refractivity contribution is 0.286. The molecule has 0 saturated carbocycles. The summed E-state index contributed by atoms with van der Waals surface area (Å²) in [6.45, 7) is 1.71. The van der Waals surface area contributed by atoms with Crippen LogP contribution in [0.5, 0.6) is 0 Å². The number of rotatable bonds is 5. The third-order valence-electron chi connectivity index (χ3n) is 1.57. The summed E-state index contributed by atoms with van der Waals surface area (Å²) in [4.78, 5) is 7.71. The molecule has 1 aromatic rings. The van der Waals surface area contributed by atoms with Crippen LogP contribution in [0.4, 0.5) is 5.95 Å². The second-order valence-electron chi connectivity index (χ2n) is 2.70. The molecule has 0 amide bonds. The highest BCUT2D eigenvalue weighted by molar-refractivity contribution is 5.16. The van der Waals surface area contributed by atoms with Crippen molar-refractivity contribution in [2.45, 2.75) is 13.0 Å². The maximum Gasteiger partial charge on any atom is 0.219 e. The number of nitrogen functional groups attached to an aromatic ring is 1. The Morgan fingerprint density at radius 1 is 1.38 bits per heavy atom. The topological polar surface area (TPSA) is 84.1 Å². The Hall–Kier alpha value is -1.20. The van der Waals surface area contributed by atoms with E-state index in [2.05, 4.69) is 15.3 Å². The maximum atomic E-state index is 8.52. The third kappa shape index (κ3) is 3.82. The molecule has 0 aliphatic heterocycles. The summed E-state index contributed by atoms with van der Waals surface area (Å²) in [5, 5.41) is 11.7. The lowest BCUT2D eigenvalue weighted by atomic mass is 10.3. The molecule has 0 aliphatic carbocycles. The van der Waals surface area contributed by atoms with E-state index in [0.29, 0.717) is 12.5 Å². The molecular formula is C8H14N4O. The van der Waals surface area contributed by atoms with Crippen molar-refractivity contribution < 1.29 is 5.11 Å². The molecule has 5 heteroatoms. The van der Waals surface area contributed by atoms with Gasteiger partial charge in [-0.25, -0.2) is 9.97 Å². The molecule has 0 fully saturated rings. The molecule has 0 aliphatic rings. The molecular weight excluding hydrogens is 168 g/mol. The summed E-state index contributed by atoms with van der Waals surface area (Å²) in [5.41, 5.74) is 6.32. The smallest absolute Gasteiger partial charge is 0.219 e. The van der Waals surface area contributed by atoms with Crippen molar-refractivity contribution in [3.63, 3.8) is 0 Å². The fourth-order valence-electron chi connectivity index (χ4n) is 0.893. The SMILES string of the molecule is Nc1ncc(CNCCCO)cn1. The van der Waals surface area contributed by atoms with Crippen molar-refractivity contribution in [1.29, 1.82) is 0 Å². The van der Waals surface area contributed by atoms with E-state index in [1.807, 2.05) is 0 Å². The number of hydrogen-bond donors (Lipinski definition) is 3. The highest BCUT2D eigenvalue weighted by Gasteiger charge is 1.93. The van der Waals surface area contributed by atoms with Gasteiger partial charge < -0.3 is 16.2 Å². The van der Waals surface area contributed by atoms with Crippen LogP contribution in [0.1, 0.15) is 12.0 Å². The lowest BCUT2D eigenvalue weighted by Gasteiger charge is -2.02. The summed E-state index contributed by atoms with van der Waals surface area (Å²) >= 11 is 0. The molecule has 13 heavy (non-hydrogen) atoms. The number of aromatic nitrogens is 2. The van der Waals surface area contributed by atoms with Gasteiger partial charge in [-0.3, -0.25) is 0 Å². The van der Waals surface area contributed by atoms with Crippen LogP contribution in [-0.4, -0.2) is 28.2 Å². The van der Waals surface area contributed by atoms with E-state index < -0.39 is 0 Å². The number of anilines is 1. The van der Waals surface area contributed by atoms with Gasteiger partial charge in [0.2, 0.25) is 5.95 Å². The van der Waals surface area contributed by atoms with E-state index in [4.69, 9.17) is 10.8 Å². The van der Waals surface area contributed by atoms with E-state index in [0.717, 1.165) is 18.5 Å². The molecule has 5 nitrogen and oxygen atoms in total. The molecule has 0 atom stereocenters. The molecule has 1 heterocycles. The van der Waals surface area contributed by atoms with Gasteiger partial charge in [0, 0.05) is 31.1 Å². The minimum atomic E-state index is 0.214. The molecule has 1 aromatic heterocycles. The van der Waals surface area contributed by atoms with E-state index in [1.54, 1.807) is 12.4 Å². The fraction of sp³-hybridized carbons (Fsp3) is 0.500. The third-order valence-corrected chi connectivity index (χ3v) is 1.57. The first-order valence-corrected chi connectivity index (χ1v) is 4.21. The van der Waals surface area contributed by atoms with Crippen LogP contribution in [0.25, 0.3) is 0 Å². The van der Waals surface area contributed by atoms with Gasteiger partial charge in [-0.15, -0.1) is 0 Å². The molecule has 72 valence electrons. The lowest BCUT2D eigenvalue weighted by Crippen LogP contribution is -2.16. The zero-order chi connectivity index (χ0) is 9.52. The molecule has 0 saturated heterocycles. The quantitative estimate of drug-likeness (QED) is 0.536. The largest absolute Gasteiger partial charge is 0.396 e. The Labute approximate surface area is 77.0 Å². The van der Waals surface area contributed by atoms with Crippen molar-refractivity contribution in [1.82, 2.24) is 15.3 Å². The second-order valence-corrected chi connectivity index (χ2v) is 2.70.